The molecule has 2 aromatic heterocycles. The molecular formula is C12H6Cl2N2O. The number of aromatic nitrogens is 2. The normalized spacial score (nSPS) is 10.9. The first-order valence-corrected chi connectivity index (χ1v) is 5.66. The number of para-hydroxylation sites is 1. The number of fused-ring (bicyclic) bond motifs is 1. The molecule has 0 N–H and O–H groups in total. The summed E-state index contributed by atoms with van der Waals surface area (Å²) >= 11 is 11.6. The number of benzene rings is 1. The van der Waals surface area contributed by atoms with Crippen LogP contribution in [0.5, 0.6) is 0 Å². The van der Waals surface area contributed by atoms with Crippen molar-refractivity contribution in [2.75, 3.05) is 0 Å². The van der Waals surface area contributed by atoms with Crippen LogP contribution in [0.15, 0.2) is 40.9 Å². The van der Waals surface area contributed by atoms with Crippen molar-refractivity contribution in [3.63, 3.8) is 0 Å². The van der Waals surface area contributed by atoms with Gasteiger partial charge in [0.25, 0.3) is 0 Å². The van der Waals surface area contributed by atoms with E-state index in [-0.39, 0.29) is 10.4 Å². The lowest BCUT2D eigenvalue weighted by Crippen LogP contribution is -1.85. The number of rotatable bonds is 1. The third kappa shape index (κ3) is 1.88. The van der Waals surface area contributed by atoms with Gasteiger partial charge in [0.05, 0.1) is 5.56 Å². The fraction of sp³-hybridized carbons (Fsp3) is 0. The Morgan fingerprint density at radius 1 is 1.12 bits per heavy atom. The number of hydrogen-bond donors (Lipinski definition) is 0. The van der Waals surface area contributed by atoms with E-state index in [1.54, 1.807) is 6.20 Å². The second-order valence-corrected chi connectivity index (χ2v) is 4.19. The summed E-state index contributed by atoms with van der Waals surface area (Å²) in [5.74, 6) is 0.632. The van der Waals surface area contributed by atoms with Crippen molar-refractivity contribution < 1.29 is 4.42 Å². The van der Waals surface area contributed by atoms with E-state index in [0.717, 1.165) is 11.0 Å². The molecule has 0 amide bonds. The lowest BCUT2D eigenvalue weighted by atomic mass is 10.2. The van der Waals surface area contributed by atoms with Gasteiger partial charge in [0.15, 0.2) is 0 Å². The van der Waals surface area contributed by atoms with Crippen molar-refractivity contribution in [3.8, 4) is 11.3 Å². The average Bonchev–Trinajstić information content (AvgIpc) is 2.72. The molecule has 0 fully saturated rings. The van der Waals surface area contributed by atoms with Crippen LogP contribution < -0.4 is 0 Å². The summed E-state index contributed by atoms with van der Waals surface area (Å²) in [5, 5.41) is 1.41. The smallest absolute Gasteiger partial charge is 0.223 e. The molecule has 0 radical (unpaired) electrons. The van der Waals surface area contributed by atoms with Crippen LogP contribution in [0.1, 0.15) is 0 Å². The minimum absolute atomic E-state index is 0.120. The topological polar surface area (TPSA) is 38.9 Å². The van der Waals surface area contributed by atoms with Gasteiger partial charge in [0.2, 0.25) is 5.28 Å². The van der Waals surface area contributed by atoms with E-state index in [2.05, 4.69) is 9.97 Å². The van der Waals surface area contributed by atoms with E-state index < -0.39 is 0 Å². The van der Waals surface area contributed by atoms with Crippen LogP contribution in [0.4, 0.5) is 0 Å². The molecule has 0 saturated heterocycles. The van der Waals surface area contributed by atoms with Crippen LogP contribution in [-0.2, 0) is 0 Å². The van der Waals surface area contributed by atoms with E-state index in [1.165, 1.54) is 0 Å². The number of hydrogen-bond acceptors (Lipinski definition) is 3. The SMILES string of the molecule is Clc1ncc(-c2cc3ccccc3o2)c(Cl)n1. The van der Waals surface area contributed by atoms with Crippen LogP contribution in [0.2, 0.25) is 10.4 Å². The Kier molecular flexibility index (Phi) is 2.50. The van der Waals surface area contributed by atoms with Crippen molar-refractivity contribution in [1.82, 2.24) is 9.97 Å². The molecule has 0 bridgehead atoms. The largest absolute Gasteiger partial charge is 0.456 e. The van der Waals surface area contributed by atoms with Crippen LogP contribution in [0, 0.1) is 0 Å². The Morgan fingerprint density at radius 3 is 2.71 bits per heavy atom. The summed E-state index contributed by atoms with van der Waals surface area (Å²) in [6.45, 7) is 0. The van der Waals surface area contributed by atoms with Crippen molar-refractivity contribution >= 4 is 34.2 Å². The van der Waals surface area contributed by atoms with E-state index in [9.17, 15) is 0 Å². The van der Waals surface area contributed by atoms with Gasteiger partial charge in [0.1, 0.15) is 16.5 Å². The van der Waals surface area contributed by atoms with E-state index >= 15 is 0 Å². The van der Waals surface area contributed by atoms with Crippen LogP contribution >= 0.6 is 23.2 Å². The van der Waals surface area contributed by atoms with Gasteiger partial charge in [-0.05, 0) is 23.7 Å². The molecule has 3 aromatic rings. The Morgan fingerprint density at radius 2 is 1.94 bits per heavy atom. The van der Waals surface area contributed by atoms with Gasteiger partial charge in [0, 0.05) is 11.6 Å². The maximum atomic E-state index is 6.00. The Hall–Kier alpha value is -1.58. The van der Waals surface area contributed by atoms with Crippen LogP contribution in [0.3, 0.4) is 0 Å². The predicted molar refractivity (Wildman–Crippen MR) is 67.3 cm³/mol. The molecule has 0 aliphatic heterocycles. The lowest BCUT2D eigenvalue weighted by molar-refractivity contribution is 0.631. The molecule has 84 valence electrons. The molecule has 3 nitrogen and oxygen atoms in total. The summed E-state index contributed by atoms with van der Waals surface area (Å²) in [5.41, 5.74) is 1.43. The zero-order valence-corrected chi connectivity index (χ0v) is 10.0. The molecule has 17 heavy (non-hydrogen) atoms. The molecule has 0 atom stereocenters. The third-order valence-electron chi connectivity index (χ3n) is 2.40. The van der Waals surface area contributed by atoms with E-state index in [1.807, 2.05) is 30.3 Å². The number of halogens is 2. The second kappa shape index (κ2) is 4.02. The highest BCUT2D eigenvalue weighted by Gasteiger charge is 2.11. The van der Waals surface area contributed by atoms with Crippen LogP contribution in [-0.4, -0.2) is 9.97 Å². The van der Waals surface area contributed by atoms with Crippen LogP contribution in [0.25, 0.3) is 22.3 Å². The van der Waals surface area contributed by atoms with Gasteiger partial charge in [-0.3, -0.25) is 0 Å². The zero-order valence-electron chi connectivity index (χ0n) is 8.52. The average molecular weight is 265 g/mol. The van der Waals surface area contributed by atoms with Crippen molar-refractivity contribution in [2.24, 2.45) is 0 Å². The molecule has 0 unspecified atom stereocenters. The van der Waals surface area contributed by atoms with E-state index in [0.29, 0.717) is 11.3 Å². The molecule has 0 saturated carbocycles. The van der Waals surface area contributed by atoms with Gasteiger partial charge in [-0.1, -0.05) is 29.8 Å². The summed E-state index contributed by atoms with van der Waals surface area (Å²) < 4.78 is 5.67. The molecular weight excluding hydrogens is 259 g/mol. The number of furan rings is 1. The summed E-state index contributed by atoms with van der Waals surface area (Å²) in [6, 6.07) is 9.61. The van der Waals surface area contributed by atoms with Gasteiger partial charge >= 0.3 is 0 Å². The Bertz CT molecular complexity index is 661. The molecule has 3 rings (SSSR count). The van der Waals surface area contributed by atoms with Gasteiger partial charge < -0.3 is 4.42 Å². The fourth-order valence-electron chi connectivity index (χ4n) is 1.62. The Labute approximate surface area is 107 Å². The highest BCUT2D eigenvalue weighted by Crippen LogP contribution is 2.31. The quantitative estimate of drug-likeness (QED) is 0.489. The standard InChI is InChI=1S/C12H6Cl2N2O/c13-11-8(6-15-12(14)16-11)10-5-7-3-1-2-4-9(7)17-10/h1-6H. The first-order valence-electron chi connectivity index (χ1n) is 4.91. The highest BCUT2D eigenvalue weighted by molar-refractivity contribution is 6.33. The first-order chi connectivity index (χ1) is 8.24. The minimum atomic E-state index is 0.120. The maximum absolute atomic E-state index is 6.00. The van der Waals surface area contributed by atoms with Gasteiger partial charge in [-0.15, -0.1) is 0 Å². The van der Waals surface area contributed by atoms with Gasteiger partial charge in [-0.2, -0.15) is 0 Å². The maximum Gasteiger partial charge on any atom is 0.223 e. The summed E-state index contributed by atoms with van der Waals surface area (Å²) in [4.78, 5) is 7.78. The predicted octanol–water partition coefficient (Wildman–Crippen LogP) is 4.20. The monoisotopic (exact) mass is 264 g/mol. The lowest BCUT2D eigenvalue weighted by Gasteiger charge is -1.98. The number of nitrogens with zero attached hydrogens (tertiary/aromatic N) is 2. The van der Waals surface area contributed by atoms with Crippen molar-refractivity contribution in [1.29, 1.82) is 0 Å². The summed E-state index contributed by atoms with van der Waals surface area (Å²) in [6.07, 6.45) is 1.55. The molecule has 0 aliphatic rings. The molecule has 1 aromatic carbocycles. The highest BCUT2D eigenvalue weighted by atomic mass is 35.5. The molecule has 2 heterocycles. The molecule has 0 aliphatic carbocycles. The molecule has 0 spiro atoms. The minimum Gasteiger partial charge on any atom is -0.456 e. The second-order valence-electron chi connectivity index (χ2n) is 3.49. The molecule has 5 heteroatoms. The summed E-state index contributed by atoms with van der Waals surface area (Å²) in [7, 11) is 0. The fourth-order valence-corrected chi connectivity index (χ4v) is 2.02. The van der Waals surface area contributed by atoms with Crippen molar-refractivity contribution in [3.05, 3.63) is 47.0 Å². The van der Waals surface area contributed by atoms with Crippen molar-refractivity contribution in [2.45, 2.75) is 0 Å². The first kappa shape index (κ1) is 10.6. The zero-order chi connectivity index (χ0) is 11.8. The van der Waals surface area contributed by atoms with E-state index in [4.69, 9.17) is 27.6 Å². The van der Waals surface area contributed by atoms with Gasteiger partial charge in [-0.25, -0.2) is 9.97 Å². The Balaban J connectivity index is 2.20. The third-order valence-corrected chi connectivity index (χ3v) is 2.87.